The van der Waals surface area contributed by atoms with Gasteiger partial charge in [0.15, 0.2) is 5.70 Å². The average molecular weight is 250 g/mol. The SMILES string of the molecule is N#C/C(NN)=C(/N)c1ccc(-c2ccccc2)cc1. The number of nitrogens with one attached hydrogen (secondary N) is 1. The van der Waals surface area contributed by atoms with Gasteiger partial charge in [0.05, 0.1) is 5.70 Å². The first kappa shape index (κ1) is 12.7. The van der Waals surface area contributed by atoms with Gasteiger partial charge in [0.25, 0.3) is 0 Å². The third kappa shape index (κ3) is 2.73. The van der Waals surface area contributed by atoms with Gasteiger partial charge in [-0.15, -0.1) is 0 Å². The molecule has 0 heterocycles. The highest BCUT2D eigenvalue weighted by molar-refractivity contribution is 5.72. The van der Waals surface area contributed by atoms with E-state index in [9.17, 15) is 0 Å². The zero-order valence-corrected chi connectivity index (χ0v) is 10.3. The van der Waals surface area contributed by atoms with Crippen molar-refractivity contribution in [3.8, 4) is 17.2 Å². The number of rotatable bonds is 3. The summed E-state index contributed by atoms with van der Waals surface area (Å²) in [7, 11) is 0. The number of nitrogens with two attached hydrogens (primary N) is 2. The maximum absolute atomic E-state index is 8.86. The van der Waals surface area contributed by atoms with E-state index in [1.807, 2.05) is 60.7 Å². The van der Waals surface area contributed by atoms with Gasteiger partial charge in [0, 0.05) is 5.56 Å². The molecule has 0 spiro atoms. The molecule has 0 aliphatic carbocycles. The second-order valence-corrected chi connectivity index (χ2v) is 3.99. The van der Waals surface area contributed by atoms with Gasteiger partial charge in [-0.1, -0.05) is 54.6 Å². The molecule has 4 nitrogen and oxygen atoms in total. The topological polar surface area (TPSA) is 87.9 Å². The van der Waals surface area contributed by atoms with E-state index in [-0.39, 0.29) is 5.70 Å². The lowest BCUT2D eigenvalue weighted by molar-refractivity contribution is 0.920. The zero-order valence-electron chi connectivity index (χ0n) is 10.3. The molecule has 0 saturated carbocycles. The van der Waals surface area contributed by atoms with Crippen molar-refractivity contribution in [1.29, 1.82) is 5.26 Å². The average Bonchev–Trinajstić information content (AvgIpc) is 2.49. The maximum Gasteiger partial charge on any atom is 0.151 e. The fourth-order valence-corrected chi connectivity index (χ4v) is 1.79. The first-order valence-electron chi connectivity index (χ1n) is 5.78. The highest BCUT2D eigenvalue weighted by atomic mass is 15.2. The summed E-state index contributed by atoms with van der Waals surface area (Å²) in [6.45, 7) is 0. The summed E-state index contributed by atoms with van der Waals surface area (Å²) < 4.78 is 0. The van der Waals surface area contributed by atoms with E-state index in [0.29, 0.717) is 5.70 Å². The number of hydrogen-bond donors (Lipinski definition) is 3. The fourth-order valence-electron chi connectivity index (χ4n) is 1.79. The summed E-state index contributed by atoms with van der Waals surface area (Å²) in [5.74, 6) is 5.23. The van der Waals surface area contributed by atoms with Crippen LogP contribution < -0.4 is 17.0 Å². The van der Waals surface area contributed by atoms with Crippen LogP contribution in [0.3, 0.4) is 0 Å². The molecule has 2 aromatic rings. The van der Waals surface area contributed by atoms with Crippen LogP contribution in [-0.2, 0) is 0 Å². The quantitative estimate of drug-likeness (QED) is 0.441. The Kier molecular flexibility index (Phi) is 3.81. The minimum atomic E-state index is 0.160. The standard InChI is InChI=1S/C15H14N4/c16-10-14(19-18)15(17)13-8-6-12(7-9-13)11-4-2-1-3-5-11/h1-9,19H,17-18H2/b15-14-. The molecular weight excluding hydrogens is 236 g/mol. The van der Waals surface area contributed by atoms with Gasteiger partial charge in [0.1, 0.15) is 6.07 Å². The third-order valence-electron chi connectivity index (χ3n) is 2.83. The van der Waals surface area contributed by atoms with Crippen LogP contribution in [0.25, 0.3) is 16.8 Å². The van der Waals surface area contributed by atoms with Crippen molar-refractivity contribution in [2.45, 2.75) is 0 Å². The van der Waals surface area contributed by atoms with Crippen molar-refractivity contribution < 1.29 is 0 Å². The number of hydrogen-bond acceptors (Lipinski definition) is 4. The molecule has 5 N–H and O–H groups in total. The first-order chi connectivity index (χ1) is 9.26. The van der Waals surface area contributed by atoms with Crippen LogP contribution in [0.1, 0.15) is 5.56 Å². The number of benzene rings is 2. The van der Waals surface area contributed by atoms with Gasteiger partial charge in [-0.2, -0.15) is 5.26 Å². The normalized spacial score (nSPS) is 11.4. The molecule has 0 unspecified atom stereocenters. The van der Waals surface area contributed by atoms with Gasteiger partial charge < -0.3 is 11.2 Å². The van der Waals surface area contributed by atoms with Gasteiger partial charge in [-0.05, 0) is 11.1 Å². The van der Waals surface area contributed by atoms with E-state index in [1.165, 1.54) is 0 Å². The van der Waals surface area contributed by atoms with Gasteiger partial charge in [-0.3, -0.25) is 0 Å². The largest absolute Gasteiger partial charge is 0.396 e. The Morgan fingerprint density at radius 1 is 0.947 bits per heavy atom. The van der Waals surface area contributed by atoms with E-state index < -0.39 is 0 Å². The molecular formula is C15H14N4. The Morgan fingerprint density at radius 3 is 2.05 bits per heavy atom. The molecule has 0 amide bonds. The lowest BCUT2D eigenvalue weighted by Gasteiger charge is -2.07. The predicted molar refractivity (Wildman–Crippen MR) is 75.9 cm³/mol. The fraction of sp³-hybridized carbons (Fsp3) is 0. The summed E-state index contributed by atoms with van der Waals surface area (Å²) in [6, 6.07) is 19.6. The van der Waals surface area contributed by atoms with Gasteiger partial charge in [-0.25, -0.2) is 5.84 Å². The van der Waals surface area contributed by atoms with Crippen LogP contribution in [0.5, 0.6) is 0 Å². The molecule has 0 radical (unpaired) electrons. The summed E-state index contributed by atoms with van der Waals surface area (Å²) in [6.07, 6.45) is 0. The molecule has 0 aliphatic heterocycles. The smallest absolute Gasteiger partial charge is 0.151 e. The first-order valence-corrected chi connectivity index (χ1v) is 5.78. The molecule has 19 heavy (non-hydrogen) atoms. The highest BCUT2D eigenvalue weighted by Gasteiger charge is 2.04. The van der Waals surface area contributed by atoms with Crippen LogP contribution >= 0.6 is 0 Å². The van der Waals surface area contributed by atoms with E-state index >= 15 is 0 Å². The van der Waals surface area contributed by atoms with Crippen LogP contribution in [0, 0.1) is 11.3 Å². The molecule has 0 fully saturated rings. The summed E-state index contributed by atoms with van der Waals surface area (Å²) >= 11 is 0. The molecule has 0 aliphatic rings. The molecule has 4 heteroatoms. The molecule has 0 bridgehead atoms. The van der Waals surface area contributed by atoms with Crippen molar-refractivity contribution in [3.63, 3.8) is 0 Å². The van der Waals surface area contributed by atoms with Crippen molar-refractivity contribution in [2.24, 2.45) is 11.6 Å². The number of hydrazine groups is 1. The Balaban J connectivity index is 2.35. The molecule has 0 atom stereocenters. The van der Waals surface area contributed by atoms with Crippen molar-refractivity contribution >= 4 is 5.70 Å². The monoisotopic (exact) mass is 250 g/mol. The minimum absolute atomic E-state index is 0.160. The third-order valence-corrected chi connectivity index (χ3v) is 2.83. The minimum Gasteiger partial charge on any atom is -0.396 e. The van der Waals surface area contributed by atoms with E-state index in [4.69, 9.17) is 16.8 Å². The molecule has 0 aromatic heterocycles. The molecule has 2 aromatic carbocycles. The van der Waals surface area contributed by atoms with Gasteiger partial charge >= 0.3 is 0 Å². The second kappa shape index (κ2) is 5.71. The van der Waals surface area contributed by atoms with Crippen LogP contribution in [0.4, 0.5) is 0 Å². The lowest BCUT2D eigenvalue weighted by atomic mass is 10.0. The molecule has 2 rings (SSSR count). The van der Waals surface area contributed by atoms with Crippen molar-refractivity contribution in [2.75, 3.05) is 0 Å². The van der Waals surface area contributed by atoms with E-state index in [0.717, 1.165) is 16.7 Å². The molecule has 0 saturated heterocycles. The Bertz CT molecular complexity index is 621. The zero-order chi connectivity index (χ0) is 13.7. The Hall–Kier alpha value is -2.77. The summed E-state index contributed by atoms with van der Waals surface area (Å²) in [5, 5.41) is 8.86. The van der Waals surface area contributed by atoms with Crippen molar-refractivity contribution in [3.05, 3.63) is 65.9 Å². The predicted octanol–water partition coefficient (Wildman–Crippen LogP) is 1.97. The van der Waals surface area contributed by atoms with Crippen molar-refractivity contribution in [1.82, 2.24) is 5.43 Å². The van der Waals surface area contributed by atoms with Crippen LogP contribution in [0.15, 0.2) is 60.3 Å². The Morgan fingerprint density at radius 2 is 1.53 bits per heavy atom. The van der Waals surface area contributed by atoms with E-state index in [2.05, 4.69) is 5.43 Å². The lowest BCUT2D eigenvalue weighted by Crippen LogP contribution is -2.23. The highest BCUT2D eigenvalue weighted by Crippen LogP contribution is 2.21. The Labute approximate surface area is 111 Å². The summed E-state index contributed by atoms with van der Waals surface area (Å²) in [5.41, 5.74) is 11.6. The number of allylic oxidation sites excluding steroid dienone is 1. The number of nitriles is 1. The second-order valence-electron chi connectivity index (χ2n) is 3.99. The summed E-state index contributed by atoms with van der Waals surface area (Å²) in [4.78, 5) is 0. The van der Waals surface area contributed by atoms with E-state index in [1.54, 1.807) is 0 Å². The molecule has 94 valence electrons. The van der Waals surface area contributed by atoms with Crippen LogP contribution in [0.2, 0.25) is 0 Å². The number of nitrogens with zero attached hydrogens (tertiary/aromatic N) is 1. The maximum atomic E-state index is 8.86. The van der Waals surface area contributed by atoms with Gasteiger partial charge in [0.2, 0.25) is 0 Å². The van der Waals surface area contributed by atoms with Crippen LogP contribution in [-0.4, -0.2) is 0 Å².